The molecule has 6 atom stereocenters. The standard InChI is InChI=1S/C28H46O5/c1-8-20(3)26(31)32-18-23(17-29)33-25(30)16-19(2)12-14-27(6)22(5)13-15-28(7)21(4)10-9-11-24(27)28/h8,19,22-24,29H,4,9-18H2,1-3,5-7H3/b20-8+/t19?,22-,23-,24-,27+,28+/m0/s1. The molecular formula is C28H46O5. The molecule has 5 heteroatoms. The molecule has 0 bridgehead atoms. The molecule has 2 fully saturated rings. The molecular weight excluding hydrogens is 416 g/mol. The predicted molar refractivity (Wildman–Crippen MR) is 131 cm³/mol. The lowest BCUT2D eigenvalue weighted by Crippen LogP contribution is -2.50. The number of ether oxygens (including phenoxy) is 2. The minimum atomic E-state index is -0.830. The molecule has 0 aromatic rings. The van der Waals surface area contributed by atoms with E-state index in [1.807, 2.05) is 0 Å². The first-order chi connectivity index (χ1) is 15.5. The van der Waals surface area contributed by atoms with Crippen molar-refractivity contribution in [3.63, 3.8) is 0 Å². The van der Waals surface area contributed by atoms with Crippen molar-refractivity contribution in [3.05, 3.63) is 23.8 Å². The summed E-state index contributed by atoms with van der Waals surface area (Å²) in [6.07, 6.45) is 9.35. The zero-order valence-electron chi connectivity index (χ0n) is 21.7. The van der Waals surface area contributed by atoms with Crippen LogP contribution in [0.1, 0.15) is 92.9 Å². The zero-order valence-corrected chi connectivity index (χ0v) is 21.7. The lowest BCUT2D eigenvalue weighted by Gasteiger charge is -2.59. The van der Waals surface area contributed by atoms with Crippen molar-refractivity contribution in [2.45, 2.75) is 99.0 Å². The van der Waals surface area contributed by atoms with Gasteiger partial charge >= 0.3 is 11.9 Å². The Morgan fingerprint density at radius 1 is 1.30 bits per heavy atom. The van der Waals surface area contributed by atoms with Crippen LogP contribution >= 0.6 is 0 Å². The van der Waals surface area contributed by atoms with Gasteiger partial charge in [-0.3, -0.25) is 4.79 Å². The maximum atomic E-state index is 12.5. The van der Waals surface area contributed by atoms with Crippen LogP contribution in [0.25, 0.3) is 0 Å². The van der Waals surface area contributed by atoms with Crippen molar-refractivity contribution in [2.75, 3.05) is 13.2 Å². The summed E-state index contributed by atoms with van der Waals surface area (Å²) in [4.78, 5) is 24.3. The average Bonchev–Trinajstić information content (AvgIpc) is 2.78. The average molecular weight is 463 g/mol. The summed E-state index contributed by atoms with van der Waals surface area (Å²) in [6.45, 7) is 16.7. The van der Waals surface area contributed by atoms with E-state index in [-0.39, 0.29) is 35.9 Å². The van der Waals surface area contributed by atoms with Crippen LogP contribution < -0.4 is 0 Å². The summed E-state index contributed by atoms with van der Waals surface area (Å²) < 4.78 is 10.5. The second kappa shape index (κ2) is 11.7. The lowest BCUT2D eigenvalue weighted by molar-refractivity contribution is -0.160. The van der Waals surface area contributed by atoms with Crippen LogP contribution in [0.4, 0.5) is 0 Å². The summed E-state index contributed by atoms with van der Waals surface area (Å²) in [5.74, 6) is 0.692. The molecule has 0 saturated heterocycles. The zero-order chi connectivity index (χ0) is 24.8. The summed E-state index contributed by atoms with van der Waals surface area (Å²) in [6, 6.07) is 0. The Bertz CT molecular complexity index is 741. The van der Waals surface area contributed by atoms with E-state index in [1.165, 1.54) is 31.3 Å². The smallest absolute Gasteiger partial charge is 0.333 e. The van der Waals surface area contributed by atoms with Gasteiger partial charge in [0.05, 0.1) is 6.61 Å². The quantitative estimate of drug-likeness (QED) is 0.245. The van der Waals surface area contributed by atoms with E-state index in [9.17, 15) is 14.7 Å². The molecule has 5 nitrogen and oxygen atoms in total. The monoisotopic (exact) mass is 462 g/mol. The topological polar surface area (TPSA) is 72.8 Å². The van der Waals surface area contributed by atoms with E-state index in [2.05, 4.69) is 34.3 Å². The number of carbonyl (C=O) groups excluding carboxylic acids is 2. The number of esters is 2. The number of fused-ring (bicyclic) bond motifs is 1. The predicted octanol–water partition coefficient (Wildman–Crippen LogP) is 6.01. The Hall–Kier alpha value is -1.62. The third-order valence-electron chi connectivity index (χ3n) is 8.91. The van der Waals surface area contributed by atoms with E-state index in [0.29, 0.717) is 23.8 Å². The molecule has 2 saturated carbocycles. The van der Waals surface area contributed by atoms with Crippen LogP contribution in [0.3, 0.4) is 0 Å². The van der Waals surface area contributed by atoms with Gasteiger partial charge in [0.15, 0.2) is 6.10 Å². The molecule has 188 valence electrons. The SMILES string of the molecule is C=C1CCC[C@H]2[C@](C)(CCC(C)CC(=O)O[C@@H](CO)COC(=O)/C(C)=C/C)[C@@H](C)CC[C@]12C. The van der Waals surface area contributed by atoms with Crippen molar-refractivity contribution in [3.8, 4) is 0 Å². The van der Waals surface area contributed by atoms with Gasteiger partial charge in [-0.25, -0.2) is 4.79 Å². The van der Waals surface area contributed by atoms with Gasteiger partial charge in [0.1, 0.15) is 6.61 Å². The van der Waals surface area contributed by atoms with Crippen LogP contribution in [0.2, 0.25) is 0 Å². The van der Waals surface area contributed by atoms with E-state index in [1.54, 1.807) is 19.9 Å². The minimum absolute atomic E-state index is 0.139. The molecule has 1 unspecified atom stereocenters. The molecule has 0 heterocycles. The van der Waals surface area contributed by atoms with Gasteiger partial charge in [0.2, 0.25) is 0 Å². The number of hydrogen-bond donors (Lipinski definition) is 1. The van der Waals surface area contributed by atoms with Crippen molar-refractivity contribution in [2.24, 2.45) is 28.6 Å². The van der Waals surface area contributed by atoms with Gasteiger partial charge in [0.25, 0.3) is 0 Å². The third kappa shape index (κ3) is 6.49. The summed E-state index contributed by atoms with van der Waals surface area (Å²) in [7, 11) is 0. The second-order valence-electron chi connectivity index (χ2n) is 11.1. The molecule has 33 heavy (non-hydrogen) atoms. The Morgan fingerprint density at radius 2 is 2.00 bits per heavy atom. The number of rotatable bonds is 10. The first-order valence-electron chi connectivity index (χ1n) is 12.8. The first kappa shape index (κ1) is 27.6. The van der Waals surface area contributed by atoms with Gasteiger partial charge in [-0.15, -0.1) is 0 Å². The number of aliphatic hydroxyl groups excluding tert-OH is 1. The number of allylic oxidation sites excluding steroid dienone is 2. The number of carbonyl (C=O) groups is 2. The van der Waals surface area contributed by atoms with E-state index in [4.69, 9.17) is 9.47 Å². The van der Waals surface area contributed by atoms with Gasteiger partial charge in [-0.05, 0) is 87.4 Å². The highest BCUT2D eigenvalue weighted by molar-refractivity contribution is 5.87. The fourth-order valence-corrected chi connectivity index (χ4v) is 6.09. The number of hydrogen-bond acceptors (Lipinski definition) is 5. The fraction of sp³-hybridized carbons (Fsp3) is 0.786. The van der Waals surface area contributed by atoms with E-state index < -0.39 is 12.1 Å². The molecule has 0 aliphatic heterocycles. The Morgan fingerprint density at radius 3 is 2.64 bits per heavy atom. The van der Waals surface area contributed by atoms with Gasteiger partial charge in [0, 0.05) is 12.0 Å². The Labute approximate surface area is 201 Å². The summed E-state index contributed by atoms with van der Waals surface area (Å²) in [5.41, 5.74) is 2.42. The molecule has 0 amide bonds. The highest BCUT2D eigenvalue weighted by Crippen LogP contribution is 2.62. The molecule has 1 N–H and O–H groups in total. The van der Waals surface area contributed by atoms with Gasteiger partial charge in [-0.1, -0.05) is 45.9 Å². The fourth-order valence-electron chi connectivity index (χ4n) is 6.09. The Kier molecular flexibility index (Phi) is 9.78. The normalized spacial score (nSPS) is 32.0. The highest BCUT2D eigenvalue weighted by Gasteiger charge is 2.53. The highest BCUT2D eigenvalue weighted by atomic mass is 16.6. The third-order valence-corrected chi connectivity index (χ3v) is 8.91. The van der Waals surface area contributed by atoms with Gasteiger partial charge in [-0.2, -0.15) is 0 Å². The lowest BCUT2D eigenvalue weighted by atomic mass is 9.46. The largest absolute Gasteiger partial charge is 0.458 e. The van der Waals surface area contributed by atoms with E-state index in [0.717, 1.165) is 19.3 Å². The molecule has 0 spiro atoms. The van der Waals surface area contributed by atoms with Crippen LogP contribution in [0.15, 0.2) is 23.8 Å². The molecule has 0 aromatic heterocycles. The summed E-state index contributed by atoms with van der Waals surface area (Å²) in [5, 5.41) is 9.52. The van der Waals surface area contributed by atoms with Gasteiger partial charge < -0.3 is 14.6 Å². The van der Waals surface area contributed by atoms with Crippen molar-refractivity contribution >= 4 is 11.9 Å². The van der Waals surface area contributed by atoms with Crippen LogP contribution in [-0.2, 0) is 19.1 Å². The Balaban J connectivity index is 1.89. The maximum Gasteiger partial charge on any atom is 0.333 e. The van der Waals surface area contributed by atoms with Crippen LogP contribution in [0.5, 0.6) is 0 Å². The molecule has 2 aliphatic rings. The molecule has 2 aliphatic carbocycles. The minimum Gasteiger partial charge on any atom is -0.458 e. The van der Waals surface area contributed by atoms with Crippen LogP contribution in [0, 0.1) is 28.6 Å². The maximum absolute atomic E-state index is 12.5. The molecule has 2 rings (SSSR count). The van der Waals surface area contributed by atoms with Crippen molar-refractivity contribution in [1.82, 2.24) is 0 Å². The summed E-state index contributed by atoms with van der Waals surface area (Å²) >= 11 is 0. The number of aliphatic hydroxyl groups is 1. The first-order valence-corrected chi connectivity index (χ1v) is 12.8. The molecule has 0 aromatic carbocycles. The molecule has 0 radical (unpaired) electrons. The van der Waals surface area contributed by atoms with Crippen LogP contribution in [-0.4, -0.2) is 36.4 Å². The van der Waals surface area contributed by atoms with E-state index >= 15 is 0 Å². The second-order valence-corrected chi connectivity index (χ2v) is 11.1. The van der Waals surface area contributed by atoms with Crippen molar-refractivity contribution in [1.29, 1.82) is 0 Å². The van der Waals surface area contributed by atoms with Crippen molar-refractivity contribution < 1.29 is 24.2 Å².